The van der Waals surface area contributed by atoms with Crippen molar-refractivity contribution in [2.24, 2.45) is 0 Å². The van der Waals surface area contributed by atoms with Crippen molar-refractivity contribution in [3.05, 3.63) is 38.9 Å². The van der Waals surface area contributed by atoms with Gasteiger partial charge in [-0.05, 0) is 36.8 Å². The summed E-state index contributed by atoms with van der Waals surface area (Å²) in [5.74, 6) is -1.19. The van der Waals surface area contributed by atoms with Crippen molar-refractivity contribution in [3.8, 4) is 0 Å². The molecule has 0 spiro atoms. The molecule has 1 N–H and O–H groups in total. The van der Waals surface area contributed by atoms with Crippen LogP contribution in [0, 0.1) is 0 Å². The first-order chi connectivity index (χ1) is 12.9. The largest absolute Gasteiger partial charge is 0.462 e. The summed E-state index contributed by atoms with van der Waals surface area (Å²) in [7, 11) is 0. The van der Waals surface area contributed by atoms with Crippen LogP contribution < -0.4 is 5.32 Å². The van der Waals surface area contributed by atoms with Gasteiger partial charge in [-0.3, -0.25) is 9.59 Å². The molecule has 0 bridgehead atoms. The highest BCUT2D eigenvalue weighted by atomic mass is 32.1. The lowest BCUT2D eigenvalue weighted by molar-refractivity contribution is -0.147. The van der Waals surface area contributed by atoms with Crippen LogP contribution in [0.3, 0.4) is 0 Å². The zero-order chi connectivity index (χ0) is 19.8. The molecule has 0 aliphatic rings. The summed E-state index contributed by atoms with van der Waals surface area (Å²) >= 11 is 2.90. The fraction of sp³-hybridized carbons (Fsp3) is 0.421. The maximum absolute atomic E-state index is 12.1. The van der Waals surface area contributed by atoms with E-state index in [9.17, 15) is 14.4 Å². The van der Waals surface area contributed by atoms with Gasteiger partial charge in [0, 0.05) is 9.75 Å². The van der Waals surface area contributed by atoms with Gasteiger partial charge in [-0.2, -0.15) is 0 Å². The van der Waals surface area contributed by atoms with E-state index in [-0.39, 0.29) is 25.6 Å². The average Bonchev–Trinajstić information content (AvgIpc) is 3.28. The minimum atomic E-state index is -0.484. The van der Waals surface area contributed by atoms with Crippen LogP contribution >= 0.6 is 22.7 Å². The van der Waals surface area contributed by atoms with Gasteiger partial charge in [0.25, 0.3) is 5.91 Å². The summed E-state index contributed by atoms with van der Waals surface area (Å²) in [5.41, 5.74) is 0.322. The molecule has 0 aromatic carbocycles. The molecule has 2 aromatic heterocycles. The number of ether oxygens (including phenoxy) is 2. The molecule has 27 heavy (non-hydrogen) atoms. The van der Waals surface area contributed by atoms with Gasteiger partial charge in [0.05, 0.1) is 18.6 Å². The third-order valence-electron chi connectivity index (χ3n) is 3.59. The minimum absolute atomic E-state index is 0.212. The number of thiophene rings is 2. The van der Waals surface area contributed by atoms with Gasteiger partial charge in [-0.1, -0.05) is 19.9 Å². The molecule has 146 valence electrons. The molecule has 0 fully saturated rings. The molecule has 0 saturated carbocycles. The Morgan fingerprint density at radius 3 is 2.63 bits per heavy atom. The maximum Gasteiger partial charge on any atom is 0.341 e. The lowest BCUT2D eigenvalue weighted by Crippen LogP contribution is -2.21. The van der Waals surface area contributed by atoms with E-state index in [2.05, 4.69) is 5.32 Å². The predicted molar refractivity (Wildman–Crippen MR) is 107 cm³/mol. The van der Waals surface area contributed by atoms with Crippen molar-refractivity contribution in [3.63, 3.8) is 0 Å². The molecule has 6 nitrogen and oxygen atoms in total. The topological polar surface area (TPSA) is 81.7 Å². The van der Waals surface area contributed by atoms with Gasteiger partial charge in [-0.15, -0.1) is 22.7 Å². The third kappa shape index (κ3) is 6.48. The van der Waals surface area contributed by atoms with E-state index in [0.29, 0.717) is 17.0 Å². The van der Waals surface area contributed by atoms with Crippen LogP contribution in [0.5, 0.6) is 0 Å². The van der Waals surface area contributed by atoms with E-state index >= 15 is 0 Å². The van der Waals surface area contributed by atoms with Crippen molar-refractivity contribution in [1.82, 2.24) is 0 Å². The zero-order valence-electron chi connectivity index (χ0n) is 15.6. The first kappa shape index (κ1) is 21.1. The first-order valence-corrected chi connectivity index (χ1v) is 10.4. The van der Waals surface area contributed by atoms with Crippen molar-refractivity contribution in [1.29, 1.82) is 0 Å². The Labute approximate surface area is 166 Å². The quantitative estimate of drug-likeness (QED) is 0.627. The summed E-state index contributed by atoms with van der Waals surface area (Å²) in [4.78, 5) is 38.1. The molecule has 0 radical (unpaired) electrons. The summed E-state index contributed by atoms with van der Waals surface area (Å²) in [5, 5.41) is 5.01. The van der Waals surface area contributed by atoms with Crippen molar-refractivity contribution in [2.75, 3.05) is 18.5 Å². The van der Waals surface area contributed by atoms with Crippen LogP contribution in [0.2, 0.25) is 0 Å². The van der Waals surface area contributed by atoms with E-state index < -0.39 is 17.8 Å². The second-order valence-electron chi connectivity index (χ2n) is 6.05. The fourth-order valence-corrected chi connectivity index (χ4v) is 3.98. The number of amides is 1. The molecule has 0 unspecified atom stereocenters. The molecular formula is C19H23NO5S2. The Morgan fingerprint density at radius 1 is 1.22 bits per heavy atom. The van der Waals surface area contributed by atoms with E-state index in [4.69, 9.17) is 9.47 Å². The zero-order valence-corrected chi connectivity index (χ0v) is 17.2. The number of hydrogen-bond donors (Lipinski definition) is 1. The molecule has 2 heterocycles. The van der Waals surface area contributed by atoms with Crippen LogP contribution in [0.15, 0.2) is 23.6 Å². The first-order valence-electron chi connectivity index (χ1n) is 8.69. The number of carbonyl (C=O) groups is 3. The Hall–Kier alpha value is -2.19. The van der Waals surface area contributed by atoms with Crippen LogP contribution in [-0.2, 0) is 25.5 Å². The number of aryl methyl sites for hydroxylation is 1. The summed E-state index contributed by atoms with van der Waals surface area (Å²) in [6, 6.07) is 5.60. The van der Waals surface area contributed by atoms with Gasteiger partial charge in [-0.25, -0.2) is 4.79 Å². The van der Waals surface area contributed by atoms with E-state index in [1.54, 1.807) is 24.3 Å². The fourth-order valence-electron chi connectivity index (χ4n) is 2.21. The van der Waals surface area contributed by atoms with Gasteiger partial charge in [0.2, 0.25) is 0 Å². The van der Waals surface area contributed by atoms with Crippen LogP contribution in [0.4, 0.5) is 5.00 Å². The summed E-state index contributed by atoms with van der Waals surface area (Å²) in [6.45, 7) is 5.59. The maximum atomic E-state index is 12.1. The standard InChI is InChI=1S/C19H23NO5S2/c1-4-24-19(23)14-10-15(12(2)3)27-18(14)20-16(21)11-25-17(22)8-7-13-6-5-9-26-13/h5-6,9-10,12H,4,7-8,11H2,1-3H3,(H,20,21). The second-order valence-corrected chi connectivity index (χ2v) is 8.17. The molecular weight excluding hydrogens is 386 g/mol. The van der Waals surface area contributed by atoms with Gasteiger partial charge >= 0.3 is 11.9 Å². The summed E-state index contributed by atoms with van der Waals surface area (Å²) in [6.07, 6.45) is 0.812. The highest BCUT2D eigenvalue weighted by Crippen LogP contribution is 2.33. The molecule has 8 heteroatoms. The Bertz CT molecular complexity index is 780. The number of carbonyl (C=O) groups excluding carboxylic acids is 3. The Morgan fingerprint density at radius 2 is 2.00 bits per heavy atom. The summed E-state index contributed by atoms with van der Waals surface area (Å²) < 4.78 is 10.1. The second kappa shape index (κ2) is 10.2. The van der Waals surface area contributed by atoms with E-state index in [1.807, 2.05) is 31.4 Å². The van der Waals surface area contributed by atoms with Crippen molar-refractivity contribution in [2.45, 2.75) is 39.5 Å². The van der Waals surface area contributed by atoms with Crippen molar-refractivity contribution >= 4 is 45.5 Å². The Kier molecular flexibility index (Phi) is 7.99. The predicted octanol–water partition coefficient (Wildman–Crippen LogP) is 4.22. The average molecular weight is 410 g/mol. The highest BCUT2D eigenvalue weighted by molar-refractivity contribution is 7.16. The minimum Gasteiger partial charge on any atom is -0.462 e. The molecule has 1 amide bonds. The number of anilines is 1. The lowest BCUT2D eigenvalue weighted by Gasteiger charge is -2.07. The number of rotatable bonds is 9. The molecule has 0 aliphatic heterocycles. The number of hydrogen-bond acceptors (Lipinski definition) is 7. The van der Waals surface area contributed by atoms with Gasteiger partial charge in [0.15, 0.2) is 6.61 Å². The lowest BCUT2D eigenvalue weighted by atomic mass is 10.1. The van der Waals surface area contributed by atoms with Crippen LogP contribution in [0.1, 0.15) is 53.2 Å². The molecule has 0 aliphatic carbocycles. The van der Waals surface area contributed by atoms with Gasteiger partial charge < -0.3 is 14.8 Å². The Balaban J connectivity index is 1.90. The molecule has 2 aromatic rings. The smallest absolute Gasteiger partial charge is 0.341 e. The van der Waals surface area contributed by atoms with Gasteiger partial charge in [0.1, 0.15) is 5.00 Å². The normalized spacial score (nSPS) is 10.7. The van der Waals surface area contributed by atoms with Crippen molar-refractivity contribution < 1.29 is 23.9 Å². The monoisotopic (exact) mass is 409 g/mol. The SMILES string of the molecule is CCOC(=O)c1cc(C(C)C)sc1NC(=O)COC(=O)CCc1cccs1. The molecule has 0 atom stereocenters. The number of esters is 2. The van der Waals surface area contributed by atoms with Crippen LogP contribution in [-0.4, -0.2) is 31.1 Å². The van der Waals surface area contributed by atoms with E-state index in [1.165, 1.54) is 11.3 Å². The highest BCUT2D eigenvalue weighted by Gasteiger charge is 2.20. The molecule has 0 saturated heterocycles. The van der Waals surface area contributed by atoms with Crippen LogP contribution in [0.25, 0.3) is 0 Å². The molecule has 2 rings (SSSR count). The third-order valence-corrected chi connectivity index (χ3v) is 5.88. The van der Waals surface area contributed by atoms with E-state index in [0.717, 1.165) is 9.75 Å². The number of nitrogens with one attached hydrogen (secondary N) is 1.